The van der Waals surface area contributed by atoms with Crippen molar-refractivity contribution in [1.82, 2.24) is 24.6 Å². The highest BCUT2D eigenvalue weighted by atomic mass is 16.5. The normalized spacial score (nSPS) is 20.0. The molecule has 3 aromatic rings. The molecule has 0 aliphatic carbocycles. The van der Waals surface area contributed by atoms with E-state index in [-0.39, 0.29) is 17.7 Å². The first-order chi connectivity index (χ1) is 12.2. The maximum Gasteiger partial charge on any atom is 0.258 e. The number of H-pyrrole nitrogens is 1. The summed E-state index contributed by atoms with van der Waals surface area (Å²) in [6, 6.07) is 9.35. The molecule has 0 saturated carbocycles. The van der Waals surface area contributed by atoms with Gasteiger partial charge in [0.2, 0.25) is 0 Å². The molecule has 3 heterocycles. The molecule has 1 aromatic carbocycles. The highest BCUT2D eigenvalue weighted by Crippen LogP contribution is 2.21. The third-order valence-corrected chi connectivity index (χ3v) is 4.69. The minimum absolute atomic E-state index is 0.0151. The summed E-state index contributed by atoms with van der Waals surface area (Å²) in [6.45, 7) is 5.04. The van der Waals surface area contributed by atoms with Gasteiger partial charge in [-0.1, -0.05) is 12.1 Å². The van der Waals surface area contributed by atoms with Crippen LogP contribution in [0.1, 0.15) is 18.8 Å². The van der Waals surface area contributed by atoms with Gasteiger partial charge in [-0.05, 0) is 25.1 Å². The summed E-state index contributed by atoms with van der Waals surface area (Å²) < 4.78 is 7.75. The van der Waals surface area contributed by atoms with Gasteiger partial charge in [-0.3, -0.25) is 14.4 Å². The van der Waals surface area contributed by atoms with E-state index in [4.69, 9.17) is 4.74 Å². The van der Waals surface area contributed by atoms with Crippen molar-refractivity contribution >= 4 is 10.9 Å². The van der Waals surface area contributed by atoms with Crippen molar-refractivity contribution < 1.29 is 4.74 Å². The van der Waals surface area contributed by atoms with Crippen molar-refractivity contribution in [1.29, 1.82) is 0 Å². The van der Waals surface area contributed by atoms with Crippen LogP contribution in [0, 0.1) is 0 Å². The second-order valence-electron chi connectivity index (χ2n) is 6.36. The van der Waals surface area contributed by atoms with Crippen LogP contribution in [0.15, 0.2) is 47.5 Å². The van der Waals surface area contributed by atoms with E-state index in [0.29, 0.717) is 17.8 Å². The summed E-state index contributed by atoms with van der Waals surface area (Å²) in [6.07, 6.45) is 3.78. The van der Waals surface area contributed by atoms with Crippen LogP contribution in [0.25, 0.3) is 10.9 Å². The van der Waals surface area contributed by atoms with Crippen molar-refractivity contribution in [2.45, 2.75) is 25.6 Å². The van der Waals surface area contributed by atoms with Crippen LogP contribution in [0.5, 0.6) is 0 Å². The molecule has 0 bridgehead atoms. The van der Waals surface area contributed by atoms with Gasteiger partial charge in [0.05, 0.1) is 36.2 Å². The number of aromatic amines is 1. The van der Waals surface area contributed by atoms with E-state index in [0.717, 1.165) is 25.2 Å². The summed E-state index contributed by atoms with van der Waals surface area (Å²) in [4.78, 5) is 22.2. The van der Waals surface area contributed by atoms with E-state index in [1.807, 2.05) is 35.1 Å². The molecule has 130 valence electrons. The molecule has 2 aromatic heterocycles. The fraction of sp³-hybridized carbons (Fsp3) is 0.389. The topological polar surface area (TPSA) is 76.0 Å². The number of hydrogen-bond donors (Lipinski definition) is 1. The molecule has 1 fully saturated rings. The number of nitrogens with one attached hydrogen (secondary N) is 1. The molecule has 1 saturated heterocycles. The van der Waals surface area contributed by atoms with Gasteiger partial charge in [0.1, 0.15) is 5.82 Å². The van der Waals surface area contributed by atoms with Crippen molar-refractivity contribution in [2.75, 3.05) is 19.7 Å². The third kappa shape index (κ3) is 3.33. The highest BCUT2D eigenvalue weighted by Gasteiger charge is 2.26. The van der Waals surface area contributed by atoms with E-state index in [2.05, 4.69) is 26.9 Å². The lowest BCUT2D eigenvalue weighted by Crippen LogP contribution is -2.45. The number of morpholine rings is 1. The van der Waals surface area contributed by atoms with Crippen molar-refractivity contribution in [2.24, 2.45) is 0 Å². The minimum atomic E-state index is -0.0891. The molecule has 0 radical (unpaired) electrons. The van der Waals surface area contributed by atoms with Crippen molar-refractivity contribution in [3.63, 3.8) is 0 Å². The number of aromatic nitrogens is 4. The zero-order chi connectivity index (χ0) is 17.2. The van der Waals surface area contributed by atoms with Gasteiger partial charge in [0.25, 0.3) is 5.56 Å². The number of para-hydroxylation sites is 1. The van der Waals surface area contributed by atoms with Gasteiger partial charge >= 0.3 is 0 Å². The second-order valence-corrected chi connectivity index (χ2v) is 6.36. The van der Waals surface area contributed by atoms with Gasteiger partial charge < -0.3 is 9.72 Å². The molecule has 1 aliphatic heterocycles. The Morgan fingerprint density at radius 2 is 2.24 bits per heavy atom. The lowest BCUT2D eigenvalue weighted by molar-refractivity contribution is -0.0506. The van der Waals surface area contributed by atoms with E-state index in [9.17, 15) is 4.79 Å². The molecule has 0 unspecified atom stereocenters. The Hall–Kier alpha value is -2.51. The van der Waals surface area contributed by atoms with E-state index in [1.54, 1.807) is 12.3 Å². The second kappa shape index (κ2) is 6.78. The summed E-state index contributed by atoms with van der Waals surface area (Å²) in [5.74, 6) is 0.698. The Labute approximate surface area is 145 Å². The van der Waals surface area contributed by atoms with E-state index >= 15 is 0 Å². The molecule has 1 N–H and O–H groups in total. The number of benzene rings is 1. The molecular formula is C18H21N5O2. The Bertz CT molecular complexity index is 905. The minimum Gasteiger partial charge on any atom is -0.374 e. The predicted octanol–water partition coefficient (Wildman–Crippen LogP) is 1.58. The Kier molecular flexibility index (Phi) is 4.33. The Morgan fingerprint density at radius 1 is 1.36 bits per heavy atom. The average molecular weight is 339 g/mol. The van der Waals surface area contributed by atoms with Gasteiger partial charge in [0, 0.05) is 25.5 Å². The highest BCUT2D eigenvalue weighted by molar-refractivity contribution is 5.77. The summed E-state index contributed by atoms with van der Waals surface area (Å²) in [5, 5.41) is 4.86. The predicted molar refractivity (Wildman–Crippen MR) is 94.3 cm³/mol. The first-order valence-electron chi connectivity index (χ1n) is 8.53. The Balaban J connectivity index is 1.53. The van der Waals surface area contributed by atoms with Gasteiger partial charge in [-0.25, -0.2) is 4.98 Å². The van der Waals surface area contributed by atoms with Crippen molar-refractivity contribution in [3.05, 3.63) is 58.9 Å². The van der Waals surface area contributed by atoms with Gasteiger partial charge in [0.15, 0.2) is 0 Å². The number of ether oxygens (including phenoxy) is 1. The number of hydrogen-bond acceptors (Lipinski definition) is 5. The average Bonchev–Trinajstić information content (AvgIpc) is 3.14. The number of nitrogens with zero attached hydrogens (tertiary/aromatic N) is 4. The zero-order valence-corrected chi connectivity index (χ0v) is 14.1. The quantitative estimate of drug-likeness (QED) is 0.781. The standard InChI is InChI=1S/C18H21N5O2/c1-13(17-20-16-6-3-2-5-15(16)18(24)21-17)22-9-10-25-14(11-22)12-23-8-4-7-19-23/h2-8,13-14H,9-12H2,1H3,(H,20,21,24)/t13-,14-/m0/s1. The number of rotatable bonds is 4. The number of fused-ring (bicyclic) bond motifs is 1. The van der Waals surface area contributed by atoms with Crippen LogP contribution in [0.3, 0.4) is 0 Å². The fourth-order valence-corrected chi connectivity index (χ4v) is 3.30. The molecule has 7 nitrogen and oxygen atoms in total. The van der Waals surface area contributed by atoms with Crippen LogP contribution >= 0.6 is 0 Å². The summed E-state index contributed by atoms with van der Waals surface area (Å²) in [5.41, 5.74) is 0.642. The Morgan fingerprint density at radius 3 is 3.08 bits per heavy atom. The van der Waals surface area contributed by atoms with E-state index < -0.39 is 0 Å². The first kappa shape index (κ1) is 16.0. The maximum absolute atomic E-state index is 12.3. The molecule has 0 amide bonds. The maximum atomic E-state index is 12.3. The molecule has 2 atom stereocenters. The van der Waals surface area contributed by atoms with E-state index in [1.165, 1.54) is 0 Å². The largest absolute Gasteiger partial charge is 0.374 e. The molecular weight excluding hydrogens is 318 g/mol. The zero-order valence-electron chi connectivity index (χ0n) is 14.1. The van der Waals surface area contributed by atoms with Crippen LogP contribution in [-0.4, -0.2) is 50.4 Å². The summed E-state index contributed by atoms with van der Waals surface area (Å²) >= 11 is 0. The molecule has 1 aliphatic rings. The smallest absolute Gasteiger partial charge is 0.258 e. The van der Waals surface area contributed by atoms with Crippen LogP contribution < -0.4 is 5.56 Å². The molecule has 7 heteroatoms. The molecule has 25 heavy (non-hydrogen) atoms. The first-order valence-corrected chi connectivity index (χ1v) is 8.53. The van der Waals surface area contributed by atoms with Crippen LogP contribution in [0.4, 0.5) is 0 Å². The SMILES string of the molecule is C[C@@H](c1nc2ccccc2c(=O)[nH]1)N1CCO[C@H](Cn2cccn2)C1. The van der Waals surface area contributed by atoms with Crippen molar-refractivity contribution in [3.8, 4) is 0 Å². The van der Waals surface area contributed by atoms with Crippen LogP contribution in [-0.2, 0) is 11.3 Å². The van der Waals surface area contributed by atoms with Gasteiger partial charge in [-0.2, -0.15) is 5.10 Å². The van der Waals surface area contributed by atoms with Crippen LogP contribution in [0.2, 0.25) is 0 Å². The molecule has 4 rings (SSSR count). The third-order valence-electron chi connectivity index (χ3n) is 4.69. The fourth-order valence-electron chi connectivity index (χ4n) is 3.30. The lowest BCUT2D eigenvalue weighted by atomic mass is 10.2. The lowest BCUT2D eigenvalue weighted by Gasteiger charge is -2.36. The monoisotopic (exact) mass is 339 g/mol. The van der Waals surface area contributed by atoms with Gasteiger partial charge in [-0.15, -0.1) is 0 Å². The molecule has 0 spiro atoms. The summed E-state index contributed by atoms with van der Waals surface area (Å²) in [7, 11) is 0.